The van der Waals surface area contributed by atoms with E-state index in [1.165, 1.54) is 0 Å². The molecule has 0 spiro atoms. The van der Waals surface area contributed by atoms with E-state index in [2.05, 4.69) is 12.2 Å². The number of carbonyl (C=O) groups is 1. The summed E-state index contributed by atoms with van der Waals surface area (Å²) in [7, 11) is 1.91. The van der Waals surface area contributed by atoms with E-state index in [1.807, 2.05) is 36.7 Å². The molecular weight excluding hydrogens is 260 g/mol. The lowest BCUT2D eigenvalue weighted by atomic mass is 10.1. The van der Waals surface area contributed by atoms with Crippen LogP contribution in [0, 0.1) is 6.92 Å². The second-order valence-corrected chi connectivity index (χ2v) is 5.24. The van der Waals surface area contributed by atoms with Crippen LogP contribution in [0.3, 0.4) is 0 Å². The number of nitrogens with one attached hydrogen (secondary N) is 1. The monoisotopic (exact) mass is 278 g/mol. The molecular formula is C15H19ClN2O. The van der Waals surface area contributed by atoms with Crippen molar-refractivity contribution >= 4 is 28.4 Å². The van der Waals surface area contributed by atoms with Crippen molar-refractivity contribution in [2.75, 3.05) is 6.54 Å². The zero-order chi connectivity index (χ0) is 14.0. The molecule has 2 aromatic rings. The number of aromatic nitrogens is 1. The Labute approximate surface area is 118 Å². The van der Waals surface area contributed by atoms with Gasteiger partial charge in [0, 0.05) is 29.5 Å². The Morgan fingerprint density at radius 1 is 1.42 bits per heavy atom. The van der Waals surface area contributed by atoms with E-state index < -0.39 is 0 Å². The molecule has 102 valence electrons. The molecule has 0 aliphatic carbocycles. The summed E-state index contributed by atoms with van der Waals surface area (Å²) in [5.41, 5.74) is 2.73. The molecule has 1 aromatic heterocycles. The highest BCUT2D eigenvalue weighted by Gasteiger charge is 2.17. The minimum Gasteiger partial charge on any atom is -0.351 e. The first-order valence-corrected chi connectivity index (χ1v) is 6.96. The van der Waals surface area contributed by atoms with Gasteiger partial charge in [-0.05, 0) is 37.1 Å². The van der Waals surface area contributed by atoms with Crippen LogP contribution in [0.2, 0.25) is 5.02 Å². The normalized spacial score (nSPS) is 10.9. The number of hydrogen-bond donors (Lipinski definition) is 1. The minimum absolute atomic E-state index is 0.0132. The first-order valence-electron chi connectivity index (χ1n) is 6.59. The first-order chi connectivity index (χ1) is 9.06. The zero-order valence-electron chi connectivity index (χ0n) is 11.6. The van der Waals surface area contributed by atoms with Gasteiger partial charge >= 0.3 is 0 Å². The van der Waals surface area contributed by atoms with Gasteiger partial charge in [-0.2, -0.15) is 0 Å². The van der Waals surface area contributed by atoms with E-state index in [4.69, 9.17) is 11.6 Å². The SMILES string of the molecule is CCCCNC(=O)c1c(C)c2cc(Cl)ccc2n1C. The van der Waals surface area contributed by atoms with Gasteiger partial charge in [-0.25, -0.2) is 0 Å². The number of amides is 1. The fourth-order valence-corrected chi connectivity index (χ4v) is 2.56. The summed E-state index contributed by atoms with van der Waals surface area (Å²) in [5.74, 6) is -0.0132. The third-order valence-corrected chi connectivity index (χ3v) is 3.68. The van der Waals surface area contributed by atoms with Crippen molar-refractivity contribution in [3.63, 3.8) is 0 Å². The topological polar surface area (TPSA) is 34.0 Å². The molecule has 19 heavy (non-hydrogen) atoms. The highest BCUT2D eigenvalue weighted by Crippen LogP contribution is 2.27. The zero-order valence-corrected chi connectivity index (χ0v) is 12.3. The lowest BCUT2D eigenvalue weighted by Gasteiger charge is -2.07. The van der Waals surface area contributed by atoms with Crippen molar-refractivity contribution in [1.82, 2.24) is 9.88 Å². The molecule has 0 saturated heterocycles. The number of unbranched alkanes of at least 4 members (excludes halogenated alkanes) is 1. The van der Waals surface area contributed by atoms with Crippen molar-refractivity contribution in [1.29, 1.82) is 0 Å². The minimum atomic E-state index is -0.0132. The fraction of sp³-hybridized carbons (Fsp3) is 0.400. The van der Waals surface area contributed by atoms with Crippen molar-refractivity contribution in [3.8, 4) is 0 Å². The summed E-state index contributed by atoms with van der Waals surface area (Å²) in [4.78, 5) is 12.3. The summed E-state index contributed by atoms with van der Waals surface area (Å²) in [6.07, 6.45) is 2.07. The van der Waals surface area contributed by atoms with Crippen LogP contribution in [0.5, 0.6) is 0 Å². The maximum absolute atomic E-state index is 12.3. The molecule has 0 atom stereocenters. The molecule has 0 aliphatic rings. The van der Waals surface area contributed by atoms with E-state index in [9.17, 15) is 4.79 Å². The Morgan fingerprint density at radius 3 is 2.84 bits per heavy atom. The first kappa shape index (κ1) is 13.9. The van der Waals surface area contributed by atoms with Crippen LogP contribution in [-0.4, -0.2) is 17.0 Å². The molecule has 0 bridgehead atoms. The van der Waals surface area contributed by atoms with E-state index in [0.717, 1.165) is 35.9 Å². The number of fused-ring (bicyclic) bond motifs is 1. The summed E-state index contributed by atoms with van der Waals surface area (Å²) >= 11 is 6.02. The smallest absolute Gasteiger partial charge is 0.268 e. The fourth-order valence-electron chi connectivity index (χ4n) is 2.39. The Kier molecular flexibility index (Phi) is 4.15. The predicted molar refractivity (Wildman–Crippen MR) is 79.9 cm³/mol. The van der Waals surface area contributed by atoms with Gasteiger partial charge in [0.25, 0.3) is 5.91 Å². The lowest BCUT2D eigenvalue weighted by molar-refractivity contribution is 0.0945. The average molecular weight is 279 g/mol. The third-order valence-electron chi connectivity index (χ3n) is 3.45. The number of rotatable bonds is 4. The summed E-state index contributed by atoms with van der Waals surface area (Å²) in [5, 5.41) is 4.70. The van der Waals surface area contributed by atoms with Crippen molar-refractivity contribution in [2.45, 2.75) is 26.7 Å². The predicted octanol–water partition coefficient (Wildman–Crippen LogP) is 3.67. The number of nitrogens with zero attached hydrogens (tertiary/aromatic N) is 1. The van der Waals surface area contributed by atoms with Crippen LogP contribution < -0.4 is 5.32 Å². The van der Waals surface area contributed by atoms with Crippen LogP contribution in [0.1, 0.15) is 35.8 Å². The number of hydrogen-bond acceptors (Lipinski definition) is 1. The summed E-state index contributed by atoms with van der Waals surface area (Å²) in [6.45, 7) is 4.79. The van der Waals surface area contributed by atoms with E-state index >= 15 is 0 Å². The Bertz CT molecular complexity index is 616. The number of aryl methyl sites for hydroxylation is 2. The molecule has 0 saturated carbocycles. The molecule has 0 fully saturated rings. The maximum atomic E-state index is 12.3. The molecule has 3 nitrogen and oxygen atoms in total. The highest BCUT2D eigenvalue weighted by molar-refractivity contribution is 6.31. The molecule has 1 amide bonds. The molecule has 0 radical (unpaired) electrons. The van der Waals surface area contributed by atoms with E-state index in [-0.39, 0.29) is 5.91 Å². The second-order valence-electron chi connectivity index (χ2n) is 4.80. The Balaban J connectivity index is 2.40. The van der Waals surface area contributed by atoms with Gasteiger partial charge in [-0.15, -0.1) is 0 Å². The van der Waals surface area contributed by atoms with Gasteiger partial charge in [0.15, 0.2) is 0 Å². The third kappa shape index (κ3) is 2.61. The van der Waals surface area contributed by atoms with Crippen LogP contribution in [-0.2, 0) is 7.05 Å². The van der Waals surface area contributed by atoms with Gasteiger partial charge < -0.3 is 9.88 Å². The molecule has 1 N–H and O–H groups in total. The summed E-state index contributed by atoms with van der Waals surface area (Å²) in [6, 6.07) is 5.71. The quantitative estimate of drug-likeness (QED) is 0.851. The lowest BCUT2D eigenvalue weighted by Crippen LogP contribution is -2.26. The van der Waals surface area contributed by atoms with Gasteiger partial charge in [0.2, 0.25) is 0 Å². The molecule has 4 heteroatoms. The maximum Gasteiger partial charge on any atom is 0.268 e. The van der Waals surface area contributed by atoms with Gasteiger partial charge in [0.1, 0.15) is 5.69 Å². The molecule has 0 aliphatic heterocycles. The van der Waals surface area contributed by atoms with E-state index in [1.54, 1.807) is 0 Å². The molecule has 1 aromatic carbocycles. The highest BCUT2D eigenvalue weighted by atomic mass is 35.5. The second kappa shape index (κ2) is 5.66. The van der Waals surface area contributed by atoms with Crippen LogP contribution >= 0.6 is 11.6 Å². The molecule has 0 unspecified atom stereocenters. The standard InChI is InChI=1S/C15H19ClN2O/c1-4-5-8-17-15(19)14-10(2)12-9-11(16)6-7-13(12)18(14)3/h6-7,9H,4-5,8H2,1-3H3,(H,17,19). The van der Waals surface area contributed by atoms with Gasteiger partial charge in [0.05, 0.1) is 0 Å². The van der Waals surface area contributed by atoms with Crippen molar-refractivity contribution in [3.05, 3.63) is 34.5 Å². The van der Waals surface area contributed by atoms with Crippen LogP contribution in [0.4, 0.5) is 0 Å². The molecule has 2 rings (SSSR count). The van der Waals surface area contributed by atoms with Crippen molar-refractivity contribution < 1.29 is 4.79 Å². The number of halogens is 1. The molecule has 1 heterocycles. The Hall–Kier alpha value is -1.48. The van der Waals surface area contributed by atoms with Crippen LogP contribution in [0.15, 0.2) is 18.2 Å². The average Bonchev–Trinajstić information content (AvgIpc) is 2.62. The summed E-state index contributed by atoms with van der Waals surface area (Å²) < 4.78 is 1.93. The largest absolute Gasteiger partial charge is 0.351 e. The van der Waals surface area contributed by atoms with E-state index in [0.29, 0.717) is 10.7 Å². The van der Waals surface area contributed by atoms with Gasteiger partial charge in [-0.1, -0.05) is 24.9 Å². The Morgan fingerprint density at radius 2 is 2.16 bits per heavy atom. The van der Waals surface area contributed by atoms with Gasteiger partial charge in [-0.3, -0.25) is 4.79 Å². The van der Waals surface area contributed by atoms with Crippen molar-refractivity contribution in [2.24, 2.45) is 7.05 Å². The number of benzene rings is 1. The van der Waals surface area contributed by atoms with Crippen LogP contribution in [0.25, 0.3) is 10.9 Å². The number of carbonyl (C=O) groups excluding carboxylic acids is 1.